The number of hydrogen-bond donors (Lipinski definition) is 1. The van der Waals surface area contributed by atoms with Crippen LogP contribution in [0.25, 0.3) is 5.52 Å². The molecule has 1 aromatic carbocycles. The molecular weight excluding hydrogens is 311 g/mol. The molecule has 3 aromatic rings. The molecule has 0 radical (unpaired) electrons. The molecule has 6 heteroatoms. The van der Waals surface area contributed by atoms with Crippen LogP contribution < -0.4 is 4.74 Å². The summed E-state index contributed by atoms with van der Waals surface area (Å²) < 4.78 is 7.39. The van der Waals surface area contributed by atoms with E-state index in [-0.39, 0.29) is 11.5 Å². The van der Waals surface area contributed by atoms with Crippen LogP contribution >= 0.6 is 23.2 Å². The van der Waals surface area contributed by atoms with E-state index in [4.69, 9.17) is 33.2 Å². The van der Waals surface area contributed by atoms with Gasteiger partial charge in [0.1, 0.15) is 6.07 Å². The highest BCUT2D eigenvalue weighted by Crippen LogP contribution is 2.36. The monoisotopic (exact) mass is 318 g/mol. The van der Waals surface area contributed by atoms with Crippen molar-refractivity contribution >= 4 is 28.7 Å². The largest absolute Gasteiger partial charge is 0.504 e. The van der Waals surface area contributed by atoms with Gasteiger partial charge >= 0.3 is 0 Å². The average molecular weight is 319 g/mol. The van der Waals surface area contributed by atoms with Crippen molar-refractivity contribution in [3.8, 4) is 23.3 Å². The highest BCUT2D eigenvalue weighted by Gasteiger charge is 2.11. The molecule has 0 atom stereocenters. The van der Waals surface area contributed by atoms with Gasteiger partial charge in [-0.1, -0.05) is 23.2 Å². The number of rotatable bonds is 2. The van der Waals surface area contributed by atoms with E-state index in [2.05, 4.69) is 6.07 Å². The van der Waals surface area contributed by atoms with Crippen molar-refractivity contribution in [2.75, 3.05) is 0 Å². The topological polar surface area (TPSA) is 57.7 Å². The van der Waals surface area contributed by atoms with Crippen molar-refractivity contribution < 1.29 is 9.84 Å². The van der Waals surface area contributed by atoms with Crippen molar-refractivity contribution in [3.05, 3.63) is 58.3 Å². The number of phenols is 1. The lowest BCUT2D eigenvalue weighted by atomic mass is 10.3. The Hall–Kier alpha value is -2.35. The quantitative estimate of drug-likeness (QED) is 0.750. The number of aromatic nitrogens is 1. The normalized spacial score (nSPS) is 10.5. The van der Waals surface area contributed by atoms with E-state index in [1.807, 2.05) is 0 Å². The third kappa shape index (κ3) is 2.62. The van der Waals surface area contributed by atoms with Gasteiger partial charge < -0.3 is 14.2 Å². The third-order valence-electron chi connectivity index (χ3n) is 2.90. The van der Waals surface area contributed by atoms with Crippen molar-refractivity contribution in [1.82, 2.24) is 4.40 Å². The standard InChI is InChI=1S/C15H8Cl2N2O2/c16-10-1-2-14(13(20)4-10)21-15-5-11(17)8-19-7-9(6-18)3-12(15)19/h1-5,7-8,20H. The molecule has 0 aliphatic heterocycles. The molecule has 4 nitrogen and oxygen atoms in total. The van der Waals surface area contributed by atoms with Gasteiger partial charge in [-0.25, -0.2) is 0 Å². The van der Waals surface area contributed by atoms with Crippen LogP contribution in [0.4, 0.5) is 0 Å². The van der Waals surface area contributed by atoms with Gasteiger partial charge in [-0.15, -0.1) is 0 Å². The molecule has 1 N–H and O–H groups in total. The maximum absolute atomic E-state index is 9.84. The Morgan fingerprint density at radius 2 is 1.86 bits per heavy atom. The maximum Gasteiger partial charge on any atom is 0.169 e. The molecule has 0 saturated heterocycles. The second-order valence-corrected chi connectivity index (χ2v) is 5.24. The Morgan fingerprint density at radius 3 is 2.57 bits per heavy atom. The molecule has 0 fully saturated rings. The second kappa shape index (κ2) is 5.21. The van der Waals surface area contributed by atoms with Crippen LogP contribution in [0.1, 0.15) is 5.56 Å². The molecular formula is C15H8Cl2N2O2. The van der Waals surface area contributed by atoms with Crippen LogP contribution in [0.3, 0.4) is 0 Å². The van der Waals surface area contributed by atoms with Gasteiger partial charge in [0.25, 0.3) is 0 Å². The third-order valence-corrected chi connectivity index (χ3v) is 3.34. The molecule has 2 heterocycles. The number of halogens is 2. The number of fused-ring (bicyclic) bond motifs is 1. The van der Waals surface area contributed by atoms with E-state index in [0.717, 1.165) is 0 Å². The van der Waals surface area contributed by atoms with Gasteiger partial charge in [-0.2, -0.15) is 5.26 Å². The van der Waals surface area contributed by atoms with Crippen LogP contribution in [0.15, 0.2) is 42.7 Å². The number of aromatic hydroxyl groups is 1. The summed E-state index contributed by atoms with van der Waals surface area (Å²) in [7, 11) is 0. The summed E-state index contributed by atoms with van der Waals surface area (Å²) in [6, 6.07) is 9.91. The molecule has 2 aromatic heterocycles. The first kappa shape index (κ1) is 13.6. The SMILES string of the molecule is N#Cc1cc2c(Oc3ccc(Cl)cc3O)cc(Cl)cn2c1. The smallest absolute Gasteiger partial charge is 0.169 e. The molecule has 0 unspecified atom stereocenters. The summed E-state index contributed by atoms with van der Waals surface area (Å²) in [5.74, 6) is 0.609. The minimum absolute atomic E-state index is 0.0762. The van der Waals surface area contributed by atoms with E-state index in [1.165, 1.54) is 6.07 Å². The zero-order valence-electron chi connectivity index (χ0n) is 10.5. The number of benzene rings is 1. The van der Waals surface area contributed by atoms with Gasteiger partial charge in [-0.3, -0.25) is 0 Å². The number of ether oxygens (including phenoxy) is 1. The second-order valence-electron chi connectivity index (χ2n) is 4.37. The van der Waals surface area contributed by atoms with Crippen molar-refractivity contribution in [2.24, 2.45) is 0 Å². The molecule has 0 aliphatic carbocycles. The predicted octanol–water partition coefficient (Wildman–Crippen LogP) is 4.62. The molecule has 3 rings (SSSR count). The number of hydrogen-bond acceptors (Lipinski definition) is 3. The van der Waals surface area contributed by atoms with E-state index in [9.17, 15) is 5.11 Å². The highest BCUT2D eigenvalue weighted by atomic mass is 35.5. The first-order valence-electron chi connectivity index (χ1n) is 5.94. The first-order chi connectivity index (χ1) is 10.1. The minimum atomic E-state index is -0.0762. The lowest BCUT2D eigenvalue weighted by molar-refractivity contribution is 0.413. The average Bonchev–Trinajstić information content (AvgIpc) is 2.85. The van der Waals surface area contributed by atoms with E-state index >= 15 is 0 Å². The Kier molecular flexibility index (Phi) is 3.38. The van der Waals surface area contributed by atoms with Crippen LogP contribution in [0.2, 0.25) is 10.0 Å². The molecule has 0 aliphatic rings. The van der Waals surface area contributed by atoms with Crippen LogP contribution in [-0.4, -0.2) is 9.51 Å². The Balaban J connectivity index is 2.11. The molecule has 21 heavy (non-hydrogen) atoms. The fourth-order valence-electron chi connectivity index (χ4n) is 1.99. The summed E-state index contributed by atoms with van der Waals surface area (Å²) in [4.78, 5) is 0. The van der Waals surface area contributed by atoms with Crippen molar-refractivity contribution in [3.63, 3.8) is 0 Å². The summed E-state index contributed by atoms with van der Waals surface area (Å²) in [6.45, 7) is 0. The Morgan fingerprint density at radius 1 is 1.05 bits per heavy atom. The molecule has 0 bridgehead atoms. The van der Waals surface area contributed by atoms with E-state index in [0.29, 0.717) is 26.9 Å². The fraction of sp³-hybridized carbons (Fsp3) is 0. The number of phenolic OH excluding ortho intramolecular Hbond substituents is 1. The van der Waals surface area contributed by atoms with Gasteiger partial charge in [0.2, 0.25) is 0 Å². The lowest BCUT2D eigenvalue weighted by Crippen LogP contribution is -1.90. The number of nitrogens with zero attached hydrogens (tertiary/aromatic N) is 2. The van der Waals surface area contributed by atoms with Crippen molar-refractivity contribution in [2.45, 2.75) is 0 Å². The van der Waals surface area contributed by atoms with Gasteiger partial charge in [-0.05, 0) is 18.2 Å². The summed E-state index contributed by atoms with van der Waals surface area (Å²) in [6.07, 6.45) is 3.32. The summed E-state index contributed by atoms with van der Waals surface area (Å²) >= 11 is 11.8. The van der Waals surface area contributed by atoms with E-state index < -0.39 is 0 Å². The van der Waals surface area contributed by atoms with Crippen LogP contribution in [-0.2, 0) is 0 Å². The highest BCUT2D eigenvalue weighted by molar-refractivity contribution is 6.31. The van der Waals surface area contributed by atoms with E-state index in [1.54, 1.807) is 41.1 Å². The number of pyridine rings is 1. The van der Waals surface area contributed by atoms with Crippen LogP contribution in [0.5, 0.6) is 17.2 Å². The number of nitriles is 1. The van der Waals surface area contributed by atoms with Gasteiger partial charge in [0, 0.05) is 29.5 Å². The van der Waals surface area contributed by atoms with Crippen LogP contribution in [0, 0.1) is 11.3 Å². The summed E-state index contributed by atoms with van der Waals surface area (Å²) in [5.41, 5.74) is 1.16. The van der Waals surface area contributed by atoms with Gasteiger partial charge in [0.05, 0.1) is 16.1 Å². The molecule has 0 amide bonds. The summed E-state index contributed by atoms with van der Waals surface area (Å²) in [5, 5.41) is 19.7. The molecule has 0 spiro atoms. The Bertz CT molecular complexity index is 881. The lowest BCUT2D eigenvalue weighted by Gasteiger charge is -2.10. The maximum atomic E-state index is 9.84. The Labute approximate surface area is 130 Å². The van der Waals surface area contributed by atoms with Gasteiger partial charge in [0.15, 0.2) is 17.2 Å². The zero-order chi connectivity index (χ0) is 15.0. The fourth-order valence-corrected chi connectivity index (χ4v) is 2.36. The minimum Gasteiger partial charge on any atom is -0.504 e. The molecule has 104 valence electrons. The molecule has 0 saturated carbocycles. The zero-order valence-corrected chi connectivity index (χ0v) is 12.1. The van der Waals surface area contributed by atoms with Crippen molar-refractivity contribution in [1.29, 1.82) is 5.26 Å². The predicted molar refractivity (Wildman–Crippen MR) is 80.3 cm³/mol. The first-order valence-corrected chi connectivity index (χ1v) is 6.70.